The van der Waals surface area contributed by atoms with Gasteiger partial charge in [0.25, 0.3) is 10.0 Å². The smallest absolute Gasteiger partial charge is 0.263 e. The summed E-state index contributed by atoms with van der Waals surface area (Å²) in [5.41, 5.74) is 0. The van der Waals surface area contributed by atoms with E-state index in [1.165, 1.54) is 18.2 Å². The zero-order chi connectivity index (χ0) is 13.2. The molecule has 0 aliphatic rings. The Kier molecular flexibility index (Phi) is 3.63. The quantitative estimate of drug-likeness (QED) is 0.941. The van der Waals surface area contributed by atoms with E-state index in [2.05, 4.69) is 25.6 Å². The third-order valence-electron chi connectivity index (χ3n) is 2.07. The number of nitrogens with zero attached hydrogens (tertiary/aromatic N) is 1. The molecule has 0 atom stereocenters. The molecule has 0 radical (unpaired) electrons. The summed E-state index contributed by atoms with van der Waals surface area (Å²) in [6.45, 7) is 0. The molecule has 94 valence electrons. The van der Waals surface area contributed by atoms with Gasteiger partial charge in [-0.15, -0.1) is 0 Å². The van der Waals surface area contributed by atoms with Crippen molar-refractivity contribution in [3.63, 3.8) is 0 Å². The monoisotopic (exact) mass is 330 g/mol. The van der Waals surface area contributed by atoms with Gasteiger partial charge in [0.2, 0.25) is 0 Å². The van der Waals surface area contributed by atoms with Gasteiger partial charge in [0.1, 0.15) is 11.6 Å². The van der Waals surface area contributed by atoms with Crippen LogP contribution >= 0.6 is 15.9 Å². The van der Waals surface area contributed by atoms with E-state index >= 15 is 0 Å². The van der Waals surface area contributed by atoms with Gasteiger partial charge >= 0.3 is 0 Å². The molecule has 1 aromatic heterocycles. The van der Waals surface area contributed by atoms with Crippen molar-refractivity contribution < 1.29 is 12.8 Å². The van der Waals surface area contributed by atoms with E-state index in [1.54, 1.807) is 12.1 Å². The van der Waals surface area contributed by atoms with Crippen LogP contribution in [0.4, 0.5) is 10.2 Å². The van der Waals surface area contributed by atoms with Gasteiger partial charge in [-0.25, -0.2) is 17.8 Å². The van der Waals surface area contributed by atoms with Crippen molar-refractivity contribution in [3.05, 3.63) is 52.9 Å². The minimum atomic E-state index is -3.71. The van der Waals surface area contributed by atoms with Gasteiger partial charge in [0.15, 0.2) is 0 Å². The van der Waals surface area contributed by atoms with E-state index in [-0.39, 0.29) is 10.7 Å². The fourth-order valence-electron chi connectivity index (χ4n) is 1.27. The molecular weight excluding hydrogens is 323 g/mol. The van der Waals surface area contributed by atoms with Gasteiger partial charge in [0.05, 0.1) is 11.1 Å². The lowest BCUT2D eigenvalue weighted by atomic mass is 10.4. The lowest BCUT2D eigenvalue weighted by molar-refractivity contribution is 0.600. The second-order valence-corrected chi connectivity index (χ2v) is 6.02. The molecular formula is C11H8BrFN2O2S. The first-order valence-corrected chi connectivity index (χ1v) is 7.15. The fraction of sp³-hybridized carbons (Fsp3) is 0. The average Bonchev–Trinajstić information content (AvgIpc) is 2.32. The molecule has 0 spiro atoms. The largest absolute Gasteiger partial charge is 0.263 e. The van der Waals surface area contributed by atoms with Crippen molar-refractivity contribution in [2.75, 3.05) is 4.72 Å². The standard InChI is InChI=1S/C11H8BrFN2O2S/c12-8-2-1-3-10(6-8)18(16,17)15-11-5-4-9(13)7-14-11/h1-7H,(H,14,15). The minimum Gasteiger partial charge on any atom is -0.263 e. The molecule has 0 saturated heterocycles. The molecule has 1 aromatic carbocycles. The molecule has 0 aliphatic carbocycles. The number of benzene rings is 1. The van der Waals surface area contributed by atoms with Crippen LogP contribution in [0, 0.1) is 5.82 Å². The summed E-state index contributed by atoms with van der Waals surface area (Å²) in [6, 6.07) is 8.63. The predicted octanol–water partition coefficient (Wildman–Crippen LogP) is 2.78. The van der Waals surface area contributed by atoms with Crippen LogP contribution in [0.2, 0.25) is 0 Å². The van der Waals surface area contributed by atoms with E-state index in [1.807, 2.05) is 0 Å². The highest BCUT2D eigenvalue weighted by molar-refractivity contribution is 9.10. The number of hydrogen-bond acceptors (Lipinski definition) is 3. The van der Waals surface area contributed by atoms with E-state index in [0.29, 0.717) is 4.47 Å². The lowest BCUT2D eigenvalue weighted by Crippen LogP contribution is -2.13. The molecule has 0 aliphatic heterocycles. The van der Waals surface area contributed by atoms with Crippen LogP contribution in [-0.2, 0) is 10.0 Å². The fourth-order valence-corrected chi connectivity index (χ4v) is 2.87. The summed E-state index contributed by atoms with van der Waals surface area (Å²) in [5.74, 6) is -0.461. The highest BCUT2D eigenvalue weighted by Crippen LogP contribution is 2.18. The molecule has 1 heterocycles. The van der Waals surface area contributed by atoms with Gasteiger partial charge < -0.3 is 0 Å². The predicted molar refractivity (Wildman–Crippen MR) is 69.1 cm³/mol. The maximum atomic E-state index is 12.6. The van der Waals surface area contributed by atoms with E-state index < -0.39 is 15.8 Å². The van der Waals surface area contributed by atoms with Crippen LogP contribution in [0.25, 0.3) is 0 Å². The van der Waals surface area contributed by atoms with Gasteiger partial charge in [-0.1, -0.05) is 22.0 Å². The molecule has 1 N–H and O–H groups in total. The molecule has 7 heteroatoms. The van der Waals surface area contributed by atoms with Crippen molar-refractivity contribution >= 4 is 31.8 Å². The third kappa shape index (κ3) is 3.05. The molecule has 0 unspecified atom stereocenters. The Bertz CT molecular complexity index is 659. The molecule has 0 amide bonds. The first kappa shape index (κ1) is 13.0. The highest BCUT2D eigenvalue weighted by atomic mass is 79.9. The van der Waals surface area contributed by atoms with Crippen LogP contribution in [0.3, 0.4) is 0 Å². The van der Waals surface area contributed by atoms with Gasteiger partial charge in [-0.2, -0.15) is 0 Å². The molecule has 18 heavy (non-hydrogen) atoms. The van der Waals surface area contributed by atoms with Crippen molar-refractivity contribution in [1.29, 1.82) is 0 Å². The van der Waals surface area contributed by atoms with E-state index in [0.717, 1.165) is 12.3 Å². The van der Waals surface area contributed by atoms with Gasteiger partial charge in [0, 0.05) is 4.47 Å². The number of hydrogen-bond donors (Lipinski definition) is 1. The first-order chi connectivity index (χ1) is 8.47. The van der Waals surface area contributed by atoms with Crippen molar-refractivity contribution in [3.8, 4) is 0 Å². The maximum absolute atomic E-state index is 12.6. The zero-order valence-electron chi connectivity index (χ0n) is 8.97. The summed E-state index contributed by atoms with van der Waals surface area (Å²) in [6.07, 6.45) is 0.943. The van der Waals surface area contributed by atoms with Crippen LogP contribution < -0.4 is 4.72 Å². The van der Waals surface area contributed by atoms with Gasteiger partial charge in [-0.3, -0.25) is 4.72 Å². The molecule has 2 aromatic rings. The van der Waals surface area contributed by atoms with E-state index in [4.69, 9.17) is 0 Å². The summed E-state index contributed by atoms with van der Waals surface area (Å²) >= 11 is 3.19. The summed E-state index contributed by atoms with van der Waals surface area (Å²) in [5, 5.41) is 0. The van der Waals surface area contributed by atoms with Crippen LogP contribution in [0.1, 0.15) is 0 Å². The van der Waals surface area contributed by atoms with E-state index in [9.17, 15) is 12.8 Å². The average molecular weight is 331 g/mol. The topological polar surface area (TPSA) is 59.1 Å². The number of halogens is 2. The Morgan fingerprint density at radius 2 is 2.00 bits per heavy atom. The minimum absolute atomic E-state index is 0.0661. The summed E-state index contributed by atoms with van der Waals surface area (Å²) < 4.78 is 39.5. The highest BCUT2D eigenvalue weighted by Gasteiger charge is 2.14. The van der Waals surface area contributed by atoms with Crippen LogP contribution in [0.5, 0.6) is 0 Å². The number of sulfonamides is 1. The number of pyridine rings is 1. The Labute approximate surface area is 112 Å². The van der Waals surface area contributed by atoms with Crippen LogP contribution in [-0.4, -0.2) is 13.4 Å². The SMILES string of the molecule is O=S(=O)(Nc1ccc(F)cn1)c1cccc(Br)c1. The van der Waals surface area contributed by atoms with Gasteiger partial charge in [-0.05, 0) is 30.3 Å². The number of aromatic nitrogens is 1. The molecule has 4 nitrogen and oxygen atoms in total. The lowest BCUT2D eigenvalue weighted by Gasteiger charge is -2.07. The maximum Gasteiger partial charge on any atom is 0.263 e. The zero-order valence-corrected chi connectivity index (χ0v) is 11.4. The summed E-state index contributed by atoms with van der Waals surface area (Å²) in [7, 11) is -3.71. The number of anilines is 1. The Hall–Kier alpha value is -1.47. The normalized spacial score (nSPS) is 11.2. The molecule has 2 rings (SSSR count). The first-order valence-electron chi connectivity index (χ1n) is 4.87. The number of rotatable bonds is 3. The second kappa shape index (κ2) is 5.03. The Morgan fingerprint density at radius 3 is 2.61 bits per heavy atom. The van der Waals surface area contributed by atoms with Crippen molar-refractivity contribution in [1.82, 2.24) is 4.98 Å². The van der Waals surface area contributed by atoms with Crippen LogP contribution in [0.15, 0.2) is 52.0 Å². The summed E-state index contributed by atoms with van der Waals surface area (Å²) in [4.78, 5) is 3.73. The second-order valence-electron chi connectivity index (χ2n) is 3.42. The number of nitrogens with one attached hydrogen (secondary N) is 1. The van der Waals surface area contributed by atoms with Crippen molar-refractivity contribution in [2.45, 2.75) is 4.90 Å². The molecule has 0 saturated carbocycles. The Balaban J connectivity index is 2.30. The molecule has 0 fully saturated rings. The van der Waals surface area contributed by atoms with Crippen molar-refractivity contribution in [2.24, 2.45) is 0 Å². The molecule has 0 bridgehead atoms. The third-order valence-corrected chi connectivity index (χ3v) is 3.92. The Morgan fingerprint density at radius 1 is 1.22 bits per heavy atom.